The van der Waals surface area contributed by atoms with Crippen LogP contribution in [0, 0.1) is 0 Å². The van der Waals surface area contributed by atoms with Gasteiger partial charge < -0.3 is 9.30 Å². The van der Waals surface area contributed by atoms with E-state index in [1.165, 1.54) is 17.0 Å². The van der Waals surface area contributed by atoms with Crippen LogP contribution >= 0.6 is 0 Å². The van der Waals surface area contributed by atoms with Crippen LogP contribution in [0.2, 0.25) is 0 Å². The highest BCUT2D eigenvalue weighted by Crippen LogP contribution is 2.34. The number of halogens is 3. The van der Waals surface area contributed by atoms with Crippen molar-refractivity contribution in [2.75, 3.05) is 19.7 Å². The molecular formula is C25H27F3N6O2. The fourth-order valence-corrected chi connectivity index (χ4v) is 4.81. The number of fused-ring (bicyclic) bond motifs is 1. The molecule has 1 aliphatic rings. The third kappa shape index (κ3) is 4.56. The molecule has 2 atom stereocenters. The SMILES string of the molecule is C[C@@H](c1cccc(-n2cc3c(C(F)(F)F)cc(CN4CCO[C@H](C)C4)cn3c2=O)c1)c1nncn1C. The van der Waals surface area contributed by atoms with Crippen LogP contribution < -0.4 is 5.69 Å². The molecule has 5 rings (SSSR count). The molecular weight excluding hydrogens is 473 g/mol. The number of ether oxygens (including phenoxy) is 1. The van der Waals surface area contributed by atoms with Crippen LogP contribution in [0.25, 0.3) is 11.2 Å². The average Bonchev–Trinajstić information content (AvgIpc) is 3.41. The molecule has 3 aromatic heterocycles. The fourth-order valence-electron chi connectivity index (χ4n) is 4.81. The van der Waals surface area contributed by atoms with Gasteiger partial charge in [-0.15, -0.1) is 10.2 Å². The summed E-state index contributed by atoms with van der Waals surface area (Å²) in [5, 5.41) is 8.07. The topological polar surface area (TPSA) is 69.6 Å². The van der Waals surface area contributed by atoms with E-state index in [9.17, 15) is 18.0 Å². The third-order valence-electron chi connectivity index (χ3n) is 6.64. The second-order valence-electron chi connectivity index (χ2n) is 9.33. The second-order valence-corrected chi connectivity index (χ2v) is 9.33. The van der Waals surface area contributed by atoms with Gasteiger partial charge in [-0.2, -0.15) is 13.2 Å². The van der Waals surface area contributed by atoms with E-state index in [2.05, 4.69) is 10.2 Å². The zero-order valence-electron chi connectivity index (χ0n) is 20.2. The van der Waals surface area contributed by atoms with Gasteiger partial charge in [0.15, 0.2) is 0 Å². The summed E-state index contributed by atoms with van der Waals surface area (Å²) in [5.41, 5.74) is 0.194. The number of hydrogen-bond acceptors (Lipinski definition) is 5. The van der Waals surface area contributed by atoms with Crippen molar-refractivity contribution in [1.29, 1.82) is 0 Å². The van der Waals surface area contributed by atoms with Crippen molar-refractivity contribution in [1.82, 2.24) is 28.6 Å². The van der Waals surface area contributed by atoms with Crippen molar-refractivity contribution in [3.63, 3.8) is 0 Å². The van der Waals surface area contributed by atoms with Crippen molar-refractivity contribution < 1.29 is 17.9 Å². The molecule has 0 radical (unpaired) electrons. The van der Waals surface area contributed by atoms with Crippen molar-refractivity contribution >= 4 is 5.52 Å². The van der Waals surface area contributed by atoms with E-state index in [4.69, 9.17) is 4.74 Å². The van der Waals surface area contributed by atoms with E-state index in [0.717, 1.165) is 21.9 Å². The lowest BCUT2D eigenvalue weighted by atomic mass is 10.00. The minimum absolute atomic E-state index is 0.00425. The number of imidazole rings is 1. The zero-order chi connectivity index (χ0) is 25.6. The van der Waals surface area contributed by atoms with E-state index in [1.807, 2.05) is 36.4 Å². The van der Waals surface area contributed by atoms with Crippen LogP contribution in [0.3, 0.4) is 0 Å². The summed E-state index contributed by atoms with van der Waals surface area (Å²) in [5.74, 6) is 0.612. The molecule has 0 amide bonds. The first-order chi connectivity index (χ1) is 17.1. The van der Waals surface area contributed by atoms with Crippen molar-refractivity contribution in [2.45, 2.75) is 38.6 Å². The summed E-state index contributed by atoms with van der Waals surface area (Å²) in [7, 11) is 1.84. The van der Waals surface area contributed by atoms with E-state index in [0.29, 0.717) is 37.5 Å². The number of rotatable bonds is 5. The Hall–Kier alpha value is -3.44. The van der Waals surface area contributed by atoms with Crippen LogP contribution in [-0.4, -0.2) is 54.4 Å². The first-order valence-electron chi connectivity index (χ1n) is 11.7. The molecule has 4 aromatic rings. The Balaban J connectivity index is 1.57. The fraction of sp³-hybridized carbons (Fsp3) is 0.400. The zero-order valence-corrected chi connectivity index (χ0v) is 20.2. The second kappa shape index (κ2) is 9.21. The van der Waals surface area contributed by atoms with Crippen LogP contribution in [0.4, 0.5) is 13.2 Å². The molecule has 4 heterocycles. The number of benzene rings is 1. The first kappa shape index (κ1) is 24.3. The lowest BCUT2D eigenvalue weighted by Crippen LogP contribution is -2.40. The minimum atomic E-state index is -4.61. The smallest absolute Gasteiger partial charge is 0.376 e. The van der Waals surface area contributed by atoms with Gasteiger partial charge in [0.2, 0.25) is 0 Å². The molecule has 0 aliphatic carbocycles. The maximum atomic E-state index is 14.1. The van der Waals surface area contributed by atoms with Gasteiger partial charge in [0.25, 0.3) is 0 Å². The highest BCUT2D eigenvalue weighted by atomic mass is 19.4. The van der Waals surface area contributed by atoms with Gasteiger partial charge in [0.1, 0.15) is 12.2 Å². The van der Waals surface area contributed by atoms with Crippen molar-refractivity contribution in [3.8, 4) is 5.69 Å². The summed E-state index contributed by atoms with van der Waals surface area (Å²) in [4.78, 5) is 15.4. The van der Waals surface area contributed by atoms with Gasteiger partial charge in [-0.1, -0.05) is 19.1 Å². The highest BCUT2D eigenvalue weighted by Gasteiger charge is 2.35. The molecule has 190 valence electrons. The predicted molar refractivity (Wildman–Crippen MR) is 127 cm³/mol. The van der Waals surface area contributed by atoms with E-state index >= 15 is 0 Å². The van der Waals surface area contributed by atoms with Gasteiger partial charge in [-0.05, 0) is 36.2 Å². The summed E-state index contributed by atoms with van der Waals surface area (Å²) in [6.07, 6.45) is -0.230. The molecule has 1 aromatic carbocycles. The number of alkyl halides is 3. The number of hydrogen-bond donors (Lipinski definition) is 0. The maximum Gasteiger partial charge on any atom is 0.418 e. The van der Waals surface area contributed by atoms with E-state index in [-0.39, 0.29) is 17.5 Å². The number of aromatic nitrogens is 5. The van der Waals surface area contributed by atoms with Crippen LogP contribution in [0.1, 0.15) is 42.3 Å². The molecule has 0 saturated carbocycles. The standard InChI is InChI=1S/C25H27F3N6O2/c1-16-11-32(7-8-36-16)12-18-9-21(25(26,27)28)22-14-33(24(35)34(22)13-18)20-6-4-5-19(10-20)17(2)23-30-29-15-31(23)3/h4-6,9-10,13-17H,7-8,11-12H2,1-3H3/t16-,17+/m1/s1. The molecule has 8 nitrogen and oxygen atoms in total. The lowest BCUT2D eigenvalue weighted by Gasteiger charge is -2.31. The minimum Gasteiger partial charge on any atom is -0.376 e. The summed E-state index contributed by atoms with van der Waals surface area (Å²) < 4.78 is 51.9. The number of nitrogens with zero attached hydrogens (tertiary/aromatic N) is 6. The molecule has 1 saturated heterocycles. The van der Waals surface area contributed by atoms with Crippen LogP contribution in [-0.2, 0) is 24.5 Å². The number of pyridine rings is 1. The first-order valence-corrected chi connectivity index (χ1v) is 11.7. The Morgan fingerprint density at radius 2 is 2.03 bits per heavy atom. The largest absolute Gasteiger partial charge is 0.418 e. The predicted octanol–water partition coefficient (Wildman–Crippen LogP) is 3.61. The van der Waals surface area contributed by atoms with Gasteiger partial charge in [0, 0.05) is 45.0 Å². The lowest BCUT2D eigenvalue weighted by molar-refractivity contribution is -0.136. The van der Waals surface area contributed by atoms with E-state index in [1.54, 1.807) is 24.5 Å². The van der Waals surface area contributed by atoms with Gasteiger partial charge in [0.05, 0.1) is 29.5 Å². The quantitative estimate of drug-likeness (QED) is 0.419. The number of morpholine rings is 1. The van der Waals surface area contributed by atoms with Gasteiger partial charge in [-0.3, -0.25) is 13.9 Å². The Morgan fingerprint density at radius 3 is 2.72 bits per heavy atom. The average molecular weight is 501 g/mol. The molecule has 0 unspecified atom stereocenters. The molecule has 36 heavy (non-hydrogen) atoms. The number of aryl methyl sites for hydroxylation is 1. The molecule has 11 heteroatoms. The van der Waals surface area contributed by atoms with Crippen molar-refractivity contribution in [2.24, 2.45) is 7.05 Å². The van der Waals surface area contributed by atoms with E-state index < -0.39 is 17.4 Å². The molecule has 0 N–H and O–H groups in total. The Bertz CT molecular complexity index is 1450. The summed E-state index contributed by atoms with van der Waals surface area (Å²) in [6.45, 7) is 5.95. The van der Waals surface area contributed by atoms with Gasteiger partial charge in [-0.25, -0.2) is 4.79 Å². The van der Waals surface area contributed by atoms with Crippen LogP contribution in [0.15, 0.2) is 53.8 Å². The molecule has 0 spiro atoms. The highest BCUT2D eigenvalue weighted by molar-refractivity contribution is 5.58. The Morgan fingerprint density at radius 1 is 1.22 bits per heavy atom. The monoisotopic (exact) mass is 500 g/mol. The Labute approximate surface area is 205 Å². The molecule has 0 bridgehead atoms. The van der Waals surface area contributed by atoms with Crippen LogP contribution in [0.5, 0.6) is 0 Å². The van der Waals surface area contributed by atoms with Crippen molar-refractivity contribution in [3.05, 3.63) is 82.1 Å². The normalized spacial score (nSPS) is 18.1. The summed E-state index contributed by atoms with van der Waals surface area (Å²) in [6, 6.07) is 8.32. The third-order valence-corrected chi connectivity index (χ3v) is 6.64. The maximum absolute atomic E-state index is 14.1. The molecule has 1 aliphatic heterocycles. The summed E-state index contributed by atoms with van der Waals surface area (Å²) >= 11 is 0. The van der Waals surface area contributed by atoms with Gasteiger partial charge >= 0.3 is 11.9 Å². The molecule has 1 fully saturated rings. The Kier molecular flexibility index (Phi) is 6.21.